The molecule has 0 saturated heterocycles. The number of carbonyl (C=O) groups excluding carboxylic acids is 1. The van der Waals surface area contributed by atoms with E-state index in [4.69, 9.17) is 23.2 Å². The molecule has 0 bridgehead atoms. The Labute approximate surface area is 150 Å². The lowest BCUT2D eigenvalue weighted by atomic mass is 10.0. The molecule has 0 aromatic heterocycles. The van der Waals surface area contributed by atoms with E-state index in [1.807, 2.05) is 5.32 Å². The van der Waals surface area contributed by atoms with E-state index in [1.54, 1.807) is 6.07 Å². The van der Waals surface area contributed by atoms with Crippen molar-refractivity contribution in [1.29, 1.82) is 0 Å². The first-order chi connectivity index (χ1) is 11.7. The van der Waals surface area contributed by atoms with Crippen molar-refractivity contribution in [3.8, 4) is 0 Å². The van der Waals surface area contributed by atoms with E-state index >= 15 is 0 Å². The van der Waals surface area contributed by atoms with Crippen molar-refractivity contribution in [3.05, 3.63) is 69.0 Å². The summed E-state index contributed by atoms with van der Waals surface area (Å²) in [6.07, 6.45) is -0.315. The normalized spacial score (nSPS) is 11.9. The summed E-state index contributed by atoms with van der Waals surface area (Å²) in [6, 6.07) is 3.57. The largest absolute Gasteiger partial charge is 0.480 e. The number of carboxylic acids is 1. The first-order valence-corrected chi connectivity index (χ1v) is 7.57. The Kier molecular flexibility index (Phi) is 5.92. The SMILES string of the molecule is O=C(N[C@@H](Cc1c(Cl)cccc1Cl)C(=O)O)c1c(F)cc(F)cc1F. The molecular weight excluding hydrogens is 382 g/mol. The van der Waals surface area contributed by atoms with Gasteiger partial charge in [-0.3, -0.25) is 4.79 Å². The molecule has 0 aliphatic rings. The second-order valence-electron chi connectivity index (χ2n) is 5.01. The van der Waals surface area contributed by atoms with Crippen LogP contribution >= 0.6 is 23.2 Å². The number of carboxylic acid groups (broad SMARTS) is 1. The van der Waals surface area contributed by atoms with Crippen LogP contribution in [0.3, 0.4) is 0 Å². The summed E-state index contributed by atoms with van der Waals surface area (Å²) in [5.41, 5.74) is -0.837. The van der Waals surface area contributed by atoms with Crippen LogP contribution in [0, 0.1) is 17.5 Å². The average molecular weight is 392 g/mol. The van der Waals surface area contributed by atoms with Gasteiger partial charge >= 0.3 is 5.97 Å². The lowest BCUT2D eigenvalue weighted by Gasteiger charge is -2.17. The Morgan fingerprint density at radius 2 is 1.60 bits per heavy atom. The number of aliphatic carboxylic acids is 1. The fourth-order valence-electron chi connectivity index (χ4n) is 2.12. The van der Waals surface area contributed by atoms with Crippen molar-refractivity contribution in [1.82, 2.24) is 5.32 Å². The summed E-state index contributed by atoms with van der Waals surface area (Å²) in [7, 11) is 0. The molecule has 2 aromatic rings. The average Bonchev–Trinajstić information content (AvgIpc) is 2.48. The van der Waals surface area contributed by atoms with Crippen molar-refractivity contribution in [2.24, 2.45) is 0 Å². The lowest BCUT2D eigenvalue weighted by Crippen LogP contribution is -2.43. The van der Waals surface area contributed by atoms with E-state index in [-0.39, 0.29) is 22.0 Å². The third kappa shape index (κ3) is 4.43. The molecule has 2 aromatic carbocycles. The second-order valence-corrected chi connectivity index (χ2v) is 5.83. The highest BCUT2D eigenvalue weighted by Gasteiger charge is 2.26. The maximum Gasteiger partial charge on any atom is 0.326 e. The summed E-state index contributed by atoms with van der Waals surface area (Å²) in [6.45, 7) is 0. The molecule has 2 N–H and O–H groups in total. The van der Waals surface area contributed by atoms with Crippen molar-refractivity contribution in [2.75, 3.05) is 0 Å². The molecule has 132 valence electrons. The number of carbonyl (C=O) groups is 2. The van der Waals surface area contributed by atoms with Crippen LogP contribution in [0.25, 0.3) is 0 Å². The molecule has 0 aliphatic carbocycles. The molecule has 2 rings (SSSR count). The topological polar surface area (TPSA) is 66.4 Å². The molecule has 1 amide bonds. The van der Waals surface area contributed by atoms with E-state index in [2.05, 4.69) is 0 Å². The van der Waals surface area contributed by atoms with Crippen LogP contribution < -0.4 is 5.32 Å². The van der Waals surface area contributed by atoms with Crippen molar-refractivity contribution in [2.45, 2.75) is 12.5 Å². The molecule has 9 heteroatoms. The third-order valence-corrected chi connectivity index (χ3v) is 4.02. The first-order valence-electron chi connectivity index (χ1n) is 6.81. The Balaban J connectivity index is 2.28. The van der Waals surface area contributed by atoms with Gasteiger partial charge < -0.3 is 10.4 Å². The summed E-state index contributed by atoms with van der Waals surface area (Å²) >= 11 is 11.9. The molecule has 0 radical (unpaired) electrons. The quantitative estimate of drug-likeness (QED) is 0.813. The molecule has 4 nitrogen and oxygen atoms in total. The van der Waals surface area contributed by atoms with Crippen LogP contribution in [-0.4, -0.2) is 23.0 Å². The lowest BCUT2D eigenvalue weighted by molar-refractivity contribution is -0.139. The number of rotatable bonds is 5. The smallest absolute Gasteiger partial charge is 0.326 e. The molecular formula is C16H10Cl2F3NO3. The highest BCUT2D eigenvalue weighted by atomic mass is 35.5. The Hall–Kier alpha value is -2.25. The zero-order chi connectivity index (χ0) is 18.7. The fraction of sp³-hybridized carbons (Fsp3) is 0.125. The van der Waals surface area contributed by atoms with Crippen LogP contribution in [0.5, 0.6) is 0 Å². The number of nitrogens with one attached hydrogen (secondary N) is 1. The monoisotopic (exact) mass is 391 g/mol. The maximum atomic E-state index is 13.6. The van der Waals surface area contributed by atoms with Crippen molar-refractivity contribution in [3.63, 3.8) is 0 Å². The Morgan fingerprint density at radius 1 is 1.08 bits per heavy atom. The van der Waals surface area contributed by atoms with Gasteiger partial charge in [0.15, 0.2) is 0 Å². The van der Waals surface area contributed by atoms with E-state index in [0.717, 1.165) is 0 Å². The second kappa shape index (κ2) is 7.76. The molecule has 0 spiro atoms. The van der Waals surface area contributed by atoms with Gasteiger partial charge in [-0.25, -0.2) is 18.0 Å². The number of halogens is 5. The Bertz CT molecular complexity index is 802. The van der Waals surface area contributed by atoms with Gasteiger partial charge in [0.05, 0.1) is 0 Å². The van der Waals surface area contributed by atoms with Crippen LogP contribution in [0.15, 0.2) is 30.3 Å². The van der Waals surface area contributed by atoms with Crippen LogP contribution in [0.4, 0.5) is 13.2 Å². The number of hydrogen-bond donors (Lipinski definition) is 2. The molecule has 0 fully saturated rings. The molecule has 1 atom stereocenters. The molecule has 0 aliphatic heterocycles. The minimum absolute atomic E-state index is 0.173. The minimum atomic E-state index is -1.56. The summed E-state index contributed by atoms with van der Waals surface area (Å²) < 4.78 is 40.2. The zero-order valence-electron chi connectivity index (χ0n) is 12.3. The Morgan fingerprint density at radius 3 is 2.08 bits per heavy atom. The van der Waals surface area contributed by atoms with Gasteiger partial charge in [0.25, 0.3) is 5.91 Å². The van der Waals surface area contributed by atoms with E-state index < -0.39 is 40.9 Å². The summed E-state index contributed by atoms with van der Waals surface area (Å²) in [5.74, 6) is -6.91. The van der Waals surface area contributed by atoms with Crippen LogP contribution in [0.2, 0.25) is 10.0 Å². The highest BCUT2D eigenvalue weighted by molar-refractivity contribution is 6.36. The van der Waals surface area contributed by atoms with Crippen molar-refractivity contribution >= 4 is 35.1 Å². The van der Waals surface area contributed by atoms with Gasteiger partial charge in [0.1, 0.15) is 29.1 Å². The fourth-order valence-corrected chi connectivity index (χ4v) is 2.67. The van der Waals surface area contributed by atoms with Crippen LogP contribution in [-0.2, 0) is 11.2 Å². The molecule has 0 heterocycles. The predicted molar refractivity (Wildman–Crippen MR) is 85.4 cm³/mol. The summed E-state index contributed by atoms with van der Waals surface area (Å²) in [5, 5.41) is 11.6. The number of hydrogen-bond acceptors (Lipinski definition) is 2. The van der Waals surface area contributed by atoms with Gasteiger partial charge in [0.2, 0.25) is 0 Å². The molecule has 0 unspecified atom stereocenters. The van der Waals surface area contributed by atoms with Gasteiger partial charge in [0, 0.05) is 28.6 Å². The van der Waals surface area contributed by atoms with Gasteiger partial charge in [-0.1, -0.05) is 29.3 Å². The van der Waals surface area contributed by atoms with Gasteiger partial charge in [-0.15, -0.1) is 0 Å². The predicted octanol–water partition coefficient (Wildman–Crippen LogP) is 3.84. The van der Waals surface area contributed by atoms with Gasteiger partial charge in [-0.05, 0) is 17.7 Å². The maximum absolute atomic E-state index is 13.6. The van der Waals surface area contributed by atoms with Crippen LogP contribution in [0.1, 0.15) is 15.9 Å². The number of benzene rings is 2. The third-order valence-electron chi connectivity index (χ3n) is 3.31. The first kappa shape index (κ1) is 19.1. The summed E-state index contributed by atoms with van der Waals surface area (Å²) in [4.78, 5) is 23.4. The van der Waals surface area contributed by atoms with E-state index in [1.165, 1.54) is 12.1 Å². The van der Waals surface area contributed by atoms with E-state index in [9.17, 15) is 27.9 Å². The van der Waals surface area contributed by atoms with Gasteiger partial charge in [-0.2, -0.15) is 0 Å². The number of amides is 1. The van der Waals surface area contributed by atoms with E-state index in [0.29, 0.717) is 12.1 Å². The standard InChI is InChI=1S/C16H10Cl2F3NO3/c17-9-2-1-3-10(18)8(9)6-13(16(24)25)22-15(23)14-11(20)4-7(19)5-12(14)21/h1-5,13H,6H2,(H,22,23)(H,24,25)/t13-/m0/s1. The highest BCUT2D eigenvalue weighted by Crippen LogP contribution is 2.26. The zero-order valence-corrected chi connectivity index (χ0v) is 13.8. The van der Waals surface area contributed by atoms with Crippen molar-refractivity contribution < 1.29 is 27.9 Å². The minimum Gasteiger partial charge on any atom is -0.480 e. The molecule has 25 heavy (non-hydrogen) atoms. The molecule has 0 saturated carbocycles.